The van der Waals surface area contributed by atoms with Crippen molar-refractivity contribution in [2.24, 2.45) is 0 Å². The first-order chi connectivity index (χ1) is 9.88. The van der Waals surface area contributed by atoms with Gasteiger partial charge in [-0.3, -0.25) is 0 Å². The lowest BCUT2D eigenvalue weighted by molar-refractivity contribution is -0.0440. The number of hydrogen-bond acceptors (Lipinski definition) is 4. The van der Waals surface area contributed by atoms with Gasteiger partial charge in [0.2, 0.25) is 10.0 Å². The Morgan fingerprint density at radius 2 is 1.95 bits per heavy atom. The zero-order chi connectivity index (χ0) is 15.6. The number of nitrogens with zero attached hydrogens (tertiary/aromatic N) is 2. The van der Waals surface area contributed by atoms with Gasteiger partial charge in [0.1, 0.15) is 4.90 Å². The number of nitrogens with one attached hydrogen (secondary N) is 1. The molecule has 7 heteroatoms. The van der Waals surface area contributed by atoms with E-state index < -0.39 is 10.0 Å². The van der Waals surface area contributed by atoms with Gasteiger partial charge in [0.25, 0.3) is 0 Å². The summed E-state index contributed by atoms with van der Waals surface area (Å²) in [5.41, 5.74) is 0.980. The molecule has 2 unspecified atom stereocenters. The Morgan fingerprint density at radius 3 is 2.48 bits per heavy atom. The number of morpholine rings is 1. The Kier molecular flexibility index (Phi) is 5.08. The van der Waals surface area contributed by atoms with E-state index in [0.717, 1.165) is 12.2 Å². The fraction of sp³-hybridized carbons (Fsp3) is 0.714. The summed E-state index contributed by atoms with van der Waals surface area (Å²) in [4.78, 5) is 0.371. The molecule has 0 radical (unpaired) electrons. The lowest BCUT2D eigenvalue weighted by Gasteiger charge is -2.34. The van der Waals surface area contributed by atoms with Crippen LogP contribution in [-0.4, -0.2) is 49.6 Å². The first-order valence-electron chi connectivity index (χ1n) is 7.37. The second-order valence-electron chi connectivity index (χ2n) is 5.56. The molecule has 1 N–H and O–H groups in total. The quantitative estimate of drug-likeness (QED) is 0.881. The molecule has 0 aromatic carbocycles. The van der Waals surface area contributed by atoms with Crippen molar-refractivity contribution in [3.8, 4) is 0 Å². The summed E-state index contributed by atoms with van der Waals surface area (Å²) < 4.78 is 34.7. The molecule has 2 rings (SSSR count). The fourth-order valence-electron chi connectivity index (χ4n) is 2.77. The third kappa shape index (κ3) is 3.48. The summed E-state index contributed by atoms with van der Waals surface area (Å²) in [5.74, 6) is 0. The van der Waals surface area contributed by atoms with Crippen LogP contribution in [0.15, 0.2) is 17.2 Å². The predicted octanol–water partition coefficient (Wildman–Crippen LogP) is 1.03. The molecule has 1 saturated heterocycles. The minimum Gasteiger partial charge on any atom is -0.373 e. The lowest BCUT2D eigenvalue weighted by atomic mass is 10.3. The van der Waals surface area contributed by atoms with E-state index in [2.05, 4.69) is 5.32 Å². The molecular weight excluding hydrogens is 290 g/mol. The zero-order valence-corrected chi connectivity index (χ0v) is 14.0. The second-order valence-corrected chi connectivity index (χ2v) is 7.50. The van der Waals surface area contributed by atoms with Crippen LogP contribution in [0.4, 0.5) is 0 Å². The molecule has 2 heterocycles. The minimum absolute atomic E-state index is 0.0754. The van der Waals surface area contributed by atoms with Crippen LogP contribution in [0.2, 0.25) is 0 Å². The van der Waals surface area contributed by atoms with Crippen LogP contribution in [0.25, 0.3) is 0 Å². The maximum Gasteiger partial charge on any atom is 0.244 e. The predicted molar refractivity (Wildman–Crippen MR) is 81.6 cm³/mol. The summed E-state index contributed by atoms with van der Waals surface area (Å²) in [7, 11) is -1.60. The van der Waals surface area contributed by atoms with E-state index in [1.54, 1.807) is 12.3 Å². The molecule has 2 atom stereocenters. The summed E-state index contributed by atoms with van der Waals surface area (Å²) in [6.07, 6.45) is 1.58. The monoisotopic (exact) mass is 315 g/mol. The highest BCUT2D eigenvalue weighted by Gasteiger charge is 2.33. The third-order valence-electron chi connectivity index (χ3n) is 3.68. The summed E-state index contributed by atoms with van der Waals surface area (Å²) in [5, 5.41) is 3.07. The standard InChI is InChI=1S/C14H25N3O3S/c1-5-16-10-14(6-13(16)7-15-4)21(18,19)17-8-11(2)20-12(3)9-17/h6,10-12,15H,5,7-9H2,1-4H3. The average Bonchev–Trinajstić information content (AvgIpc) is 2.82. The molecule has 21 heavy (non-hydrogen) atoms. The van der Waals surface area contributed by atoms with E-state index in [0.29, 0.717) is 24.5 Å². The van der Waals surface area contributed by atoms with E-state index in [-0.39, 0.29) is 12.2 Å². The number of rotatable bonds is 5. The molecule has 0 spiro atoms. The number of aryl methyl sites for hydroxylation is 1. The number of sulfonamides is 1. The van der Waals surface area contributed by atoms with Crippen LogP contribution < -0.4 is 5.32 Å². The van der Waals surface area contributed by atoms with Crippen molar-refractivity contribution < 1.29 is 13.2 Å². The molecule has 1 aromatic rings. The van der Waals surface area contributed by atoms with Crippen molar-refractivity contribution in [3.05, 3.63) is 18.0 Å². The normalized spacial score (nSPS) is 24.4. The third-order valence-corrected chi connectivity index (χ3v) is 5.48. The van der Waals surface area contributed by atoms with E-state index in [1.165, 1.54) is 4.31 Å². The zero-order valence-electron chi connectivity index (χ0n) is 13.2. The van der Waals surface area contributed by atoms with Gasteiger partial charge in [0, 0.05) is 38.1 Å². The van der Waals surface area contributed by atoms with Gasteiger partial charge in [-0.25, -0.2) is 8.42 Å². The van der Waals surface area contributed by atoms with Crippen LogP contribution >= 0.6 is 0 Å². The van der Waals surface area contributed by atoms with Gasteiger partial charge in [-0.15, -0.1) is 0 Å². The van der Waals surface area contributed by atoms with Gasteiger partial charge >= 0.3 is 0 Å². The van der Waals surface area contributed by atoms with Gasteiger partial charge in [0.05, 0.1) is 12.2 Å². The van der Waals surface area contributed by atoms with Crippen LogP contribution in [0.1, 0.15) is 26.5 Å². The van der Waals surface area contributed by atoms with Crippen molar-refractivity contribution in [1.29, 1.82) is 0 Å². The molecular formula is C14H25N3O3S. The maximum atomic E-state index is 12.8. The van der Waals surface area contributed by atoms with Crippen LogP contribution in [0.3, 0.4) is 0 Å². The van der Waals surface area contributed by atoms with Gasteiger partial charge in [-0.05, 0) is 33.9 Å². The largest absolute Gasteiger partial charge is 0.373 e. The summed E-state index contributed by atoms with van der Waals surface area (Å²) in [6.45, 7) is 8.04. The summed E-state index contributed by atoms with van der Waals surface area (Å²) >= 11 is 0. The van der Waals surface area contributed by atoms with E-state index in [4.69, 9.17) is 4.74 Å². The first-order valence-corrected chi connectivity index (χ1v) is 8.81. The van der Waals surface area contributed by atoms with Gasteiger partial charge in [-0.2, -0.15) is 4.31 Å². The molecule has 0 bridgehead atoms. The fourth-order valence-corrected chi connectivity index (χ4v) is 4.42. The molecule has 1 fully saturated rings. The molecule has 6 nitrogen and oxygen atoms in total. The Balaban J connectivity index is 2.30. The highest BCUT2D eigenvalue weighted by Crippen LogP contribution is 2.23. The Hall–Kier alpha value is -0.890. The molecule has 0 amide bonds. The van der Waals surface area contributed by atoms with Crippen LogP contribution in [-0.2, 0) is 27.8 Å². The second kappa shape index (κ2) is 6.48. The molecule has 0 aliphatic carbocycles. The molecule has 1 aromatic heterocycles. The van der Waals surface area contributed by atoms with Crippen molar-refractivity contribution in [3.63, 3.8) is 0 Å². The smallest absolute Gasteiger partial charge is 0.244 e. The van der Waals surface area contributed by atoms with Crippen molar-refractivity contribution in [1.82, 2.24) is 14.2 Å². The SMILES string of the molecule is CCn1cc(S(=O)(=O)N2CC(C)OC(C)C2)cc1CNC. The molecule has 1 aliphatic rings. The Bertz CT molecular complexity index is 572. The van der Waals surface area contributed by atoms with Crippen LogP contribution in [0, 0.1) is 0 Å². The van der Waals surface area contributed by atoms with Gasteiger partial charge in [-0.1, -0.05) is 0 Å². The number of hydrogen-bond donors (Lipinski definition) is 1. The average molecular weight is 315 g/mol. The highest BCUT2D eigenvalue weighted by molar-refractivity contribution is 7.89. The number of ether oxygens (including phenoxy) is 1. The maximum absolute atomic E-state index is 12.8. The molecule has 120 valence electrons. The molecule has 0 saturated carbocycles. The Labute approximate surface area is 127 Å². The van der Waals surface area contributed by atoms with Crippen molar-refractivity contribution in [2.45, 2.75) is 51.0 Å². The first kappa shape index (κ1) is 16.5. The Morgan fingerprint density at radius 1 is 1.33 bits per heavy atom. The van der Waals surface area contributed by atoms with Crippen molar-refractivity contribution >= 4 is 10.0 Å². The minimum atomic E-state index is -3.45. The highest BCUT2D eigenvalue weighted by atomic mass is 32.2. The van der Waals surface area contributed by atoms with E-state index >= 15 is 0 Å². The van der Waals surface area contributed by atoms with Gasteiger partial charge < -0.3 is 14.6 Å². The van der Waals surface area contributed by atoms with Crippen LogP contribution in [0.5, 0.6) is 0 Å². The topological polar surface area (TPSA) is 63.6 Å². The lowest BCUT2D eigenvalue weighted by Crippen LogP contribution is -2.48. The van der Waals surface area contributed by atoms with E-state index in [9.17, 15) is 8.42 Å². The number of aromatic nitrogens is 1. The van der Waals surface area contributed by atoms with E-state index in [1.807, 2.05) is 32.4 Å². The van der Waals surface area contributed by atoms with Gasteiger partial charge in [0.15, 0.2) is 0 Å². The molecule has 1 aliphatic heterocycles. The summed E-state index contributed by atoms with van der Waals surface area (Å²) in [6, 6.07) is 1.76. The van der Waals surface area contributed by atoms with Crippen molar-refractivity contribution in [2.75, 3.05) is 20.1 Å².